The van der Waals surface area contributed by atoms with E-state index in [4.69, 9.17) is 30.6 Å². The van der Waals surface area contributed by atoms with Crippen LogP contribution in [-0.2, 0) is 9.53 Å². The Kier molecular flexibility index (Phi) is 5.93. The molecule has 6 nitrogen and oxygen atoms in total. The van der Waals surface area contributed by atoms with Gasteiger partial charge in [-0.1, -0.05) is 11.6 Å². The number of aliphatic carboxylic acids is 1. The smallest absolute Gasteiger partial charge is 0.306 e. The fourth-order valence-electron chi connectivity index (χ4n) is 3.40. The molecule has 1 saturated carbocycles. The maximum absolute atomic E-state index is 13.8. The second kappa shape index (κ2) is 8.64. The summed E-state index contributed by atoms with van der Waals surface area (Å²) in [5.41, 5.74) is -0.174. The first-order valence-electron chi connectivity index (χ1n) is 9.52. The van der Waals surface area contributed by atoms with Crippen LogP contribution in [0, 0.1) is 17.6 Å². The molecule has 1 aliphatic rings. The van der Waals surface area contributed by atoms with Crippen LogP contribution >= 0.6 is 11.6 Å². The zero-order valence-electron chi connectivity index (χ0n) is 16.1. The molecule has 3 aromatic rings. The van der Waals surface area contributed by atoms with Crippen LogP contribution in [0.15, 0.2) is 45.6 Å². The standard InChI is InChI=1S/C22H17ClF2O6/c23-17-8-13(25)7-16-18(26)10-20(31-21(16)17)15-2-1-12(24)9-19(15)30-4-3-29-14-5-11(6-14)22(27)28/h1-2,7-11,14H,3-6H2,(H,27,28)/t11-,14+. The van der Waals surface area contributed by atoms with Crippen molar-refractivity contribution in [3.8, 4) is 17.1 Å². The van der Waals surface area contributed by atoms with Gasteiger partial charge in [-0.3, -0.25) is 9.59 Å². The van der Waals surface area contributed by atoms with Crippen LogP contribution in [0.1, 0.15) is 12.8 Å². The van der Waals surface area contributed by atoms with Crippen molar-refractivity contribution in [2.45, 2.75) is 18.9 Å². The van der Waals surface area contributed by atoms with Crippen molar-refractivity contribution in [2.24, 2.45) is 5.92 Å². The van der Waals surface area contributed by atoms with Crippen molar-refractivity contribution < 1.29 is 32.6 Å². The summed E-state index contributed by atoms with van der Waals surface area (Å²) in [6.45, 7) is 0.258. The van der Waals surface area contributed by atoms with Crippen LogP contribution in [0.2, 0.25) is 5.02 Å². The van der Waals surface area contributed by atoms with Gasteiger partial charge in [-0.25, -0.2) is 8.78 Å². The highest BCUT2D eigenvalue weighted by Crippen LogP contribution is 2.34. The zero-order chi connectivity index (χ0) is 22.1. The average molecular weight is 451 g/mol. The van der Waals surface area contributed by atoms with Gasteiger partial charge in [0.25, 0.3) is 0 Å². The predicted molar refractivity (Wildman–Crippen MR) is 108 cm³/mol. The summed E-state index contributed by atoms with van der Waals surface area (Å²) in [6, 6.07) is 6.97. The minimum absolute atomic E-state index is 0.00751. The normalized spacial score (nSPS) is 18.0. The van der Waals surface area contributed by atoms with Crippen LogP contribution < -0.4 is 10.2 Å². The molecule has 9 heteroatoms. The number of carboxylic acid groups (broad SMARTS) is 1. The molecule has 0 radical (unpaired) electrons. The molecule has 0 spiro atoms. The SMILES string of the molecule is O=c1cc(-c2ccc(F)cc2OCCO[C@H]2C[C@@H](C(=O)O)C2)oc2c(Cl)cc(F)cc12. The van der Waals surface area contributed by atoms with Gasteiger partial charge in [0.1, 0.15) is 29.8 Å². The van der Waals surface area contributed by atoms with Crippen LogP contribution in [0.5, 0.6) is 5.75 Å². The summed E-state index contributed by atoms with van der Waals surface area (Å²) in [5.74, 6) is -2.21. The molecule has 2 aromatic carbocycles. The quantitative estimate of drug-likeness (QED) is 0.527. The van der Waals surface area contributed by atoms with E-state index in [1.165, 1.54) is 12.1 Å². The molecular weight excluding hydrogens is 434 g/mol. The van der Waals surface area contributed by atoms with Gasteiger partial charge in [0.05, 0.1) is 34.6 Å². The number of fused-ring (bicyclic) bond motifs is 1. The Hall–Kier alpha value is -2.97. The van der Waals surface area contributed by atoms with Crippen LogP contribution in [-0.4, -0.2) is 30.4 Å². The molecule has 0 amide bonds. The topological polar surface area (TPSA) is 86.0 Å². The monoisotopic (exact) mass is 450 g/mol. The maximum Gasteiger partial charge on any atom is 0.306 e. The van der Waals surface area contributed by atoms with Gasteiger partial charge in [-0.15, -0.1) is 0 Å². The van der Waals surface area contributed by atoms with Crippen molar-refractivity contribution in [1.29, 1.82) is 0 Å². The molecule has 162 valence electrons. The van der Waals surface area contributed by atoms with Crippen molar-refractivity contribution in [3.05, 3.63) is 63.3 Å². The number of hydrogen-bond donors (Lipinski definition) is 1. The summed E-state index contributed by atoms with van der Waals surface area (Å²) in [7, 11) is 0. The zero-order valence-corrected chi connectivity index (χ0v) is 16.8. The lowest BCUT2D eigenvalue weighted by Gasteiger charge is -2.32. The highest BCUT2D eigenvalue weighted by Gasteiger charge is 2.35. The first-order chi connectivity index (χ1) is 14.8. The summed E-state index contributed by atoms with van der Waals surface area (Å²) >= 11 is 6.02. The van der Waals surface area contributed by atoms with Gasteiger partial charge in [-0.2, -0.15) is 0 Å². The minimum atomic E-state index is -0.833. The van der Waals surface area contributed by atoms with E-state index < -0.39 is 23.0 Å². The lowest BCUT2D eigenvalue weighted by Crippen LogP contribution is -2.37. The van der Waals surface area contributed by atoms with E-state index in [2.05, 4.69) is 0 Å². The number of carbonyl (C=O) groups is 1. The van der Waals surface area contributed by atoms with Gasteiger partial charge in [0.2, 0.25) is 0 Å². The van der Waals surface area contributed by atoms with E-state index in [1.807, 2.05) is 0 Å². The molecule has 4 rings (SSSR count). The number of carboxylic acids is 1. The largest absolute Gasteiger partial charge is 0.490 e. The summed E-state index contributed by atoms with van der Waals surface area (Å²) in [6.07, 6.45) is 0.756. The van der Waals surface area contributed by atoms with E-state index in [1.54, 1.807) is 0 Å². The number of benzene rings is 2. The highest BCUT2D eigenvalue weighted by molar-refractivity contribution is 6.34. The lowest BCUT2D eigenvalue weighted by atomic mass is 9.82. The van der Waals surface area contributed by atoms with Crippen LogP contribution in [0.25, 0.3) is 22.3 Å². The summed E-state index contributed by atoms with van der Waals surface area (Å²) < 4.78 is 44.3. The Morgan fingerprint density at radius 1 is 1.13 bits per heavy atom. The third kappa shape index (κ3) is 4.55. The lowest BCUT2D eigenvalue weighted by molar-refractivity contribution is -0.151. The van der Waals surface area contributed by atoms with Crippen LogP contribution in [0.3, 0.4) is 0 Å². The Labute approximate surface area is 180 Å². The molecule has 31 heavy (non-hydrogen) atoms. The van der Waals surface area contributed by atoms with Gasteiger partial charge in [-0.05, 0) is 37.1 Å². The summed E-state index contributed by atoms with van der Waals surface area (Å²) in [4.78, 5) is 23.3. The minimum Gasteiger partial charge on any atom is -0.490 e. The number of ether oxygens (including phenoxy) is 2. The Balaban J connectivity index is 1.52. The van der Waals surface area contributed by atoms with Crippen molar-refractivity contribution in [1.82, 2.24) is 0 Å². The van der Waals surface area contributed by atoms with Gasteiger partial charge in [0, 0.05) is 12.1 Å². The first kappa shape index (κ1) is 21.3. The molecule has 0 bridgehead atoms. The highest BCUT2D eigenvalue weighted by atomic mass is 35.5. The fourth-order valence-corrected chi connectivity index (χ4v) is 3.65. The molecule has 0 saturated heterocycles. The van der Waals surface area contributed by atoms with Crippen molar-refractivity contribution in [3.63, 3.8) is 0 Å². The van der Waals surface area contributed by atoms with Crippen molar-refractivity contribution in [2.75, 3.05) is 13.2 Å². The van der Waals surface area contributed by atoms with Crippen LogP contribution in [0.4, 0.5) is 8.78 Å². The van der Waals surface area contributed by atoms with Gasteiger partial charge < -0.3 is 19.0 Å². The molecular formula is C22H17ClF2O6. The summed E-state index contributed by atoms with van der Waals surface area (Å²) in [5, 5.41) is 8.81. The Morgan fingerprint density at radius 2 is 1.90 bits per heavy atom. The van der Waals surface area contributed by atoms with E-state index in [-0.39, 0.29) is 52.7 Å². The maximum atomic E-state index is 13.8. The van der Waals surface area contributed by atoms with Gasteiger partial charge >= 0.3 is 5.97 Å². The van der Waals surface area contributed by atoms with E-state index in [9.17, 15) is 18.4 Å². The second-order valence-electron chi connectivity index (χ2n) is 7.23. The molecule has 1 N–H and O–H groups in total. The molecule has 1 aromatic heterocycles. The number of hydrogen-bond acceptors (Lipinski definition) is 5. The molecule has 1 heterocycles. The average Bonchev–Trinajstić information content (AvgIpc) is 2.66. The van der Waals surface area contributed by atoms with E-state index in [0.29, 0.717) is 18.4 Å². The Morgan fingerprint density at radius 3 is 2.65 bits per heavy atom. The fraction of sp³-hybridized carbons (Fsp3) is 0.273. The molecule has 0 atom stereocenters. The van der Waals surface area contributed by atoms with E-state index in [0.717, 1.165) is 24.3 Å². The first-order valence-corrected chi connectivity index (χ1v) is 9.89. The molecule has 1 aliphatic carbocycles. The van der Waals surface area contributed by atoms with E-state index >= 15 is 0 Å². The molecule has 0 unspecified atom stereocenters. The van der Waals surface area contributed by atoms with Crippen molar-refractivity contribution >= 4 is 28.5 Å². The number of rotatable bonds is 7. The molecule has 0 aliphatic heterocycles. The number of halogens is 3. The predicted octanol–water partition coefficient (Wildman–Crippen LogP) is 4.65. The molecule has 1 fully saturated rings. The second-order valence-corrected chi connectivity index (χ2v) is 7.63. The third-order valence-corrected chi connectivity index (χ3v) is 5.38. The Bertz CT molecular complexity index is 1200. The third-order valence-electron chi connectivity index (χ3n) is 5.10. The van der Waals surface area contributed by atoms with Gasteiger partial charge in [0.15, 0.2) is 11.0 Å².